The summed E-state index contributed by atoms with van der Waals surface area (Å²) in [5, 5.41) is 2.79. The van der Waals surface area contributed by atoms with Crippen molar-refractivity contribution in [2.45, 2.75) is 20.8 Å². The minimum atomic E-state index is -0.0729. The molecule has 114 valence electrons. The van der Waals surface area contributed by atoms with Crippen molar-refractivity contribution in [3.05, 3.63) is 48.8 Å². The molecule has 1 amide bonds. The van der Waals surface area contributed by atoms with Crippen LogP contribution in [0, 0.1) is 0 Å². The number of ether oxygens (including phenoxy) is 1. The predicted octanol–water partition coefficient (Wildman–Crippen LogP) is 3.58. The van der Waals surface area contributed by atoms with E-state index in [1.54, 1.807) is 0 Å². The first-order valence-corrected chi connectivity index (χ1v) is 7.04. The first-order valence-electron chi connectivity index (χ1n) is 7.04. The topological polar surface area (TPSA) is 41.6 Å². The van der Waals surface area contributed by atoms with Crippen molar-refractivity contribution in [2.75, 3.05) is 29.9 Å². The van der Waals surface area contributed by atoms with Crippen molar-refractivity contribution in [1.82, 2.24) is 0 Å². The second-order valence-electron chi connectivity index (χ2n) is 4.86. The number of rotatable bonds is 8. The van der Waals surface area contributed by atoms with E-state index in [1.807, 2.05) is 31.2 Å². The highest BCUT2D eigenvalue weighted by Gasteiger charge is 2.06. The van der Waals surface area contributed by atoms with Gasteiger partial charge in [0.2, 0.25) is 5.91 Å². The van der Waals surface area contributed by atoms with E-state index < -0.39 is 0 Å². The highest BCUT2D eigenvalue weighted by atomic mass is 16.5. The second-order valence-corrected chi connectivity index (χ2v) is 4.86. The lowest BCUT2D eigenvalue weighted by molar-refractivity contribution is -0.114. The standard InChI is InChI=1S/C17H24N2O2/c1-6-19(10-11-21-14(4)13(2)3)17-9-7-8-16(12-17)18-15(5)20/h7-9,12H,2,4,6,10-11H2,1,3,5H3,(H,18,20). The van der Waals surface area contributed by atoms with E-state index in [-0.39, 0.29) is 5.91 Å². The van der Waals surface area contributed by atoms with Crippen LogP contribution in [0.15, 0.2) is 48.8 Å². The van der Waals surface area contributed by atoms with Gasteiger partial charge in [0.1, 0.15) is 12.4 Å². The number of carbonyl (C=O) groups excluding carboxylic acids is 1. The molecule has 1 N–H and O–H groups in total. The third-order valence-electron chi connectivity index (χ3n) is 3.03. The van der Waals surface area contributed by atoms with Crippen LogP contribution < -0.4 is 10.2 Å². The Labute approximate surface area is 127 Å². The third kappa shape index (κ3) is 5.73. The number of hydrogen-bond donors (Lipinski definition) is 1. The summed E-state index contributed by atoms with van der Waals surface area (Å²) < 4.78 is 5.55. The maximum atomic E-state index is 11.1. The number of benzene rings is 1. The normalized spacial score (nSPS) is 9.86. The predicted molar refractivity (Wildman–Crippen MR) is 88.5 cm³/mol. The van der Waals surface area contributed by atoms with E-state index in [0.717, 1.165) is 30.0 Å². The summed E-state index contributed by atoms with van der Waals surface area (Å²) in [6, 6.07) is 7.77. The number of nitrogens with zero attached hydrogens (tertiary/aromatic N) is 1. The van der Waals surface area contributed by atoms with Gasteiger partial charge < -0.3 is 15.0 Å². The Bertz CT molecular complexity index is 523. The van der Waals surface area contributed by atoms with Gasteiger partial charge in [-0.05, 0) is 37.6 Å². The van der Waals surface area contributed by atoms with Gasteiger partial charge in [0, 0.05) is 24.8 Å². The summed E-state index contributed by atoms with van der Waals surface area (Å²) in [4.78, 5) is 13.3. The van der Waals surface area contributed by atoms with Gasteiger partial charge in [-0.1, -0.05) is 19.2 Å². The number of carbonyl (C=O) groups is 1. The lowest BCUT2D eigenvalue weighted by Gasteiger charge is -2.24. The third-order valence-corrected chi connectivity index (χ3v) is 3.03. The van der Waals surface area contributed by atoms with Crippen LogP contribution in [0.3, 0.4) is 0 Å². The quantitative estimate of drug-likeness (QED) is 0.587. The number of allylic oxidation sites excluding steroid dienone is 1. The molecule has 1 aromatic rings. The molecule has 0 spiro atoms. The van der Waals surface area contributed by atoms with Crippen LogP contribution in [0.1, 0.15) is 20.8 Å². The molecule has 4 heteroatoms. The van der Waals surface area contributed by atoms with Crippen molar-refractivity contribution in [3.8, 4) is 0 Å². The average molecular weight is 288 g/mol. The highest BCUT2D eigenvalue weighted by molar-refractivity contribution is 5.89. The number of likely N-dealkylation sites (N-methyl/N-ethyl adjacent to an activating group) is 1. The molecule has 0 saturated heterocycles. The van der Waals surface area contributed by atoms with Crippen LogP contribution in [0.5, 0.6) is 0 Å². The average Bonchev–Trinajstić information content (AvgIpc) is 2.42. The first-order chi connectivity index (χ1) is 9.93. The first kappa shape index (κ1) is 16.8. The fourth-order valence-electron chi connectivity index (χ4n) is 1.86. The van der Waals surface area contributed by atoms with Gasteiger partial charge >= 0.3 is 0 Å². The van der Waals surface area contributed by atoms with E-state index in [4.69, 9.17) is 4.74 Å². The van der Waals surface area contributed by atoms with Crippen molar-refractivity contribution >= 4 is 17.3 Å². The Morgan fingerprint density at radius 2 is 2.05 bits per heavy atom. The van der Waals surface area contributed by atoms with Crippen LogP contribution in [0.2, 0.25) is 0 Å². The van der Waals surface area contributed by atoms with E-state index in [2.05, 4.69) is 30.3 Å². The Balaban J connectivity index is 2.65. The molecule has 21 heavy (non-hydrogen) atoms. The van der Waals surface area contributed by atoms with E-state index in [9.17, 15) is 4.79 Å². The summed E-state index contributed by atoms with van der Waals surface area (Å²) in [7, 11) is 0. The molecule has 0 saturated carbocycles. The summed E-state index contributed by atoms with van der Waals surface area (Å²) in [5.74, 6) is 0.550. The largest absolute Gasteiger partial charge is 0.492 e. The molecular formula is C17H24N2O2. The lowest BCUT2D eigenvalue weighted by Crippen LogP contribution is -2.27. The van der Waals surface area contributed by atoms with Crippen LogP contribution >= 0.6 is 0 Å². The molecule has 0 aliphatic rings. The zero-order valence-corrected chi connectivity index (χ0v) is 13.1. The van der Waals surface area contributed by atoms with E-state index in [0.29, 0.717) is 12.4 Å². The lowest BCUT2D eigenvalue weighted by atomic mass is 10.2. The van der Waals surface area contributed by atoms with Crippen LogP contribution in [0.4, 0.5) is 11.4 Å². The van der Waals surface area contributed by atoms with Gasteiger partial charge in [-0.25, -0.2) is 0 Å². The molecular weight excluding hydrogens is 264 g/mol. The van der Waals surface area contributed by atoms with Crippen LogP contribution in [-0.2, 0) is 9.53 Å². The number of hydrogen-bond acceptors (Lipinski definition) is 3. The summed E-state index contributed by atoms with van der Waals surface area (Å²) in [6.07, 6.45) is 0. The van der Waals surface area contributed by atoms with Gasteiger partial charge in [-0.2, -0.15) is 0 Å². The molecule has 0 aliphatic heterocycles. The van der Waals surface area contributed by atoms with Gasteiger partial charge in [-0.3, -0.25) is 4.79 Å². The molecule has 0 aliphatic carbocycles. The van der Waals surface area contributed by atoms with Gasteiger partial charge in [0.15, 0.2) is 0 Å². The molecule has 0 bridgehead atoms. The summed E-state index contributed by atoms with van der Waals surface area (Å²) in [6.45, 7) is 15.2. The molecule has 4 nitrogen and oxygen atoms in total. The van der Waals surface area contributed by atoms with Crippen molar-refractivity contribution in [2.24, 2.45) is 0 Å². The highest BCUT2D eigenvalue weighted by Crippen LogP contribution is 2.19. The monoisotopic (exact) mass is 288 g/mol. The van der Waals surface area contributed by atoms with Crippen molar-refractivity contribution in [1.29, 1.82) is 0 Å². The molecule has 0 atom stereocenters. The van der Waals surface area contributed by atoms with Gasteiger partial charge in [-0.15, -0.1) is 0 Å². The Morgan fingerprint density at radius 3 is 2.62 bits per heavy atom. The zero-order valence-electron chi connectivity index (χ0n) is 13.1. The van der Waals surface area contributed by atoms with Crippen LogP contribution in [-0.4, -0.2) is 25.6 Å². The summed E-state index contributed by atoms with van der Waals surface area (Å²) >= 11 is 0. The molecule has 0 unspecified atom stereocenters. The fourth-order valence-corrected chi connectivity index (χ4v) is 1.86. The zero-order chi connectivity index (χ0) is 15.8. The maximum Gasteiger partial charge on any atom is 0.221 e. The molecule has 1 aromatic carbocycles. The second kappa shape index (κ2) is 8.15. The molecule has 0 fully saturated rings. The SMILES string of the molecule is C=C(C)C(=C)OCCN(CC)c1cccc(NC(C)=O)c1. The number of nitrogens with one attached hydrogen (secondary N) is 1. The number of amides is 1. The molecule has 0 heterocycles. The smallest absolute Gasteiger partial charge is 0.221 e. The minimum absolute atomic E-state index is 0.0729. The summed E-state index contributed by atoms with van der Waals surface area (Å²) in [5.41, 5.74) is 2.68. The Morgan fingerprint density at radius 1 is 1.33 bits per heavy atom. The Kier molecular flexibility index (Phi) is 6.53. The maximum absolute atomic E-state index is 11.1. The molecule has 0 aromatic heterocycles. The van der Waals surface area contributed by atoms with E-state index in [1.165, 1.54) is 6.92 Å². The van der Waals surface area contributed by atoms with Gasteiger partial charge in [0.05, 0.1) is 6.54 Å². The number of anilines is 2. The fraction of sp³-hybridized carbons (Fsp3) is 0.353. The van der Waals surface area contributed by atoms with Crippen molar-refractivity contribution < 1.29 is 9.53 Å². The van der Waals surface area contributed by atoms with E-state index >= 15 is 0 Å². The molecule has 0 radical (unpaired) electrons. The van der Waals surface area contributed by atoms with Gasteiger partial charge in [0.25, 0.3) is 0 Å². The molecule has 1 rings (SSSR count). The minimum Gasteiger partial charge on any atom is -0.492 e. The Hall–Kier alpha value is -2.23. The van der Waals surface area contributed by atoms with Crippen molar-refractivity contribution in [3.63, 3.8) is 0 Å². The van der Waals surface area contributed by atoms with Crippen LogP contribution in [0.25, 0.3) is 0 Å².